The van der Waals surface area contributed by atoms with Crippen molar-refractivity contribution in [1.29, 1.82) is 0 Å². The molecular weight excluding hydrogens is 451 g/mol. The van der Waals surface area contributed by atoms with E-state index in [0.717, 1.165) is 0 Å². The first-order chi connectivity index (χ1) is 15.8. The second-order valence-corrected chi connectivity index (χ2v) is 7.98. The zero-order valence-electron chi connectivity index (χ0n) is 18.1. The van der Waals surface area contributed by atoms with E-state index in [1.165, 1.54) is 33.3 Å². The fourth-order valence-electron chi connectivity index (χ4n) is 3.46. The average Bonchev–Trinajstić information content (AvgIpc) is 3.59. The van der Waals surface area contributed by atoms with Crippen molar-refractivity contribution in [2.75, 3.05) is 14.2 Å². The van der Waals surface area contributed by atoms with Crippen molar-refractivity contribution in [2.24, 2.45) is 0 Å². The average molecular weight is 471 g/mol. The van der Waals surface area contributed by atoms with Crippen LogP contribution in [0.1, 0.15) is 30.1 Å². The van der Waals surface area contributed by atoms with Gasteiger partial charge in [-0.1, -0.05) is 17.7 Å². The van der Waals surface area contributed by atoms with E-state index in [9.17, 15) is 14.0 Å². The van der Waals surface area contributed by atoms with Crippen LogP contribution in [-0.2, 0) is 9.53 Å². The number of halogens is 2. The van der Waals surface area contributed by atoms with Crippen molar-refractivity contribution < 1.29 is 28.2 Å². The lowest BCUT2D eigenvalue weighted by molar-refractivity contribution is -0.151. The molecule has 1 aliphatic carbocycles. The molecular formula is C24H20ClFN2O5. The molecule has 3 aromatic rings. The minimum Gasteiger partial charge on any atom is -0.495 e. The highest BCUT2D eigenvalue weighted by atomic mass is 35.5. The summed E-state index contributed by atoms with van der Waals surface area (Å²) in [4.78, 5) is 33.3. The number of aromatic nitrogens is 2. The Morgan fingerprint density at radius 1 is 1.09 bits per heavy atom. The van der Waals surface area contributed by atoms with Crippen LogP contribution in [0.25, 0.3) is 22.6 Å². The first kappa shape index (κ1) is 22.7. The summed E-state index contributed by atoms with van der Waals surface area (Å²) in [5, 5.41) is -0.0372. The number of esters is 1. The molecule has 1 saturated carbocycles. The first-order valence-electron chi connectivity index (χ1n) is 10.1. The van der Waals surface area contributed by atoms with E-state index in [0.29, 0.717) is 41.0 Å². The fraction of sp³-hybridized carbons (Fsp3) is 0.250. The number of ether oxygens (including phenoxy) is 3. The summed E-state index contributed by atoms with van der Waals surface area (Å²) >= 11 is 5.82. The molecule has 0 amide bonds. The summed E-state index contributed by atoms with van der Waals surface area (Å²) in [6.07, 6.45) is 0.958. The van der Waals surface area contributed by atoms with Crippen LogP contribution in [0, 0.1) is 5.82 Å². The van der Waals surface area contributed by atoms with Gasteiger partial charge < -0.3 is 14.2 Å². The molecule has 4 rings (SSSR count). The molecule has 9 heteroatoms. The molecule has 0 radical (unpaired) electrons. The molecule has 33 heavy (non-hydrogen) atoms. The van der Waals surface area contributed by atoms with Crippen LogP contribution >= 0.6 is 11.6 Å². The van der Waals surface area contributed by atoms with Gasteiger partial charge in [-0.3, -0.25) is 4.79 Å². The lowest BCUT2D eigenvalue weighted by Crippen LogP contribution is -2.31. The maximum absolute atomic E-state index is 14.1. The van der Waals surface area contributed by atoms with E-state index in [1.54, 1.807) is 30.3 Å². The molecule has 1 aromatic heterocycles. The standard InChI is InChI=1S/C24H20ClFN2O5/c1-13(29)15-5-4-6-16(21(15)31-2)19-12-20(33-24(9-10-24)23(30)32-3)28-22(27-19)14-7-8-17(25)18(26)11-14/h4-8,11-12H,9-10H2,1-3H3. The van der Waals surface area contributed by atoms with Gasteiger partial charge in [0.15, 0.2) is 11.6 Å². The van der Waals surface area contributed by atoms with Gasteiger partial charge in [0.05, 0.1) is 30.5 Å². The maximum atomic E-state index is 14.1. The number of para-hydroxylation sites is 1. The Hall–Kier alpha value is -3.52. The lowest BCUT2D eigenvalue weighted by Gasteiger charge is -2.17. The van der Waals surface area contributed by atoms with Gasteiger partial charge in [-0.05, 0) is 37.3 Å². The monoisotopic (exact) mass is 470 g/mol. The molecule has 0 aliphatic heterocycles. The fourth-order valence-corrected chi connectivity index (χ4v) is 3.58. The molecule has 0 atom stereocenters. The van der Waals surface area contributed by atoms with Crippen LogP contribution in [-0.4, -0.2) is 41.5 Å². The van der Waals surface area contributed by atoms with Gasteiger partial charge in [-0.15, -0.1) is 0 Å². The summed E-state index contributed by atoms with van der Waals surface area (Å²) in [7, 11) is 2.74. The first-order valence-corrected chi connectivity index (χ1v) is 10.5. The summed E-state index contributed by atoms with van der Waals surface area (Å²) in [6, 6.07) is 10.8. The Balaban J connectivity index is 1.89. The molecule has 0 N–H and O–H groups in total. The number of rotatable bonds is 7. The van der Waals surface area contributed by atoms with Gasteiger partial charge in [0.25, 0.3) is 0 Å². The largest absolute Gasteiger partial charge is 0.495 e. The number of hydrogen-bond acceptors (Lipinski definition) is 7. The number of Topliss-reactive ketones (excluding diaryl/α,β-unsaturated/α-hetero) is 1. The number of nitrogens with zero attached hydrogens (tertiary/aromatic N) is 2. The zero-order chi connectivity index (χ0) is 23.8. The highest BCUT2D eigenvalue weighted by Crippen LogP contribution is 2.42. The Morgan fingerprint density at radius 2 is 1.85 bits per heavy atom. The molecule has 0 unspecified atom stereocenters. The highest BCUT2D eigenvalue weighted by molar-refractivity contribution is 6.30. The summed E-state index contributed by atoms with van der Waals surface area (Å²) < 4.78 is 30.5. The quantitative estimate of drug-likeness (QED) is 0.358. The molecule has 7 nitrogen and oxygen atoms in total. The number of methoxy groups -OCH3 is 2. The van der Waals surface area contributed by atoms with Crippen LogP contribution < -0.4 is 9.47 Å². The predicted octanol–water partition coefficient (Wildman–Crippen LogP) is 4.90. The maximum Gasteiger partial charge on any atom is 0.350 e. The van der Waals surface area contributed by atoms with Gasteiger partial charge in [0.2, 0.25) is 11.5 Å². The third-order valence-electron chi connectivity index (χ3n) is 5.32. The Labute approximate surface area is 194 Å². The van der Waals surface area contributed by atoms with Gasteiger partial charge in [0.1, 0.15) is 11.6 Å². The number of benzene rings is 2. The number of carbonyl (C=O) groups is 2. The van der Waals surface area contributed by atoms with Crippen LogP contribution in [0.5, 0.6) is 11.6 Å². The van der Waals surface area contributed by atoms with E-state index in [1.807, 2.05) is 0 Å². The third kappa shape index (κ3) is 4.39. The van der Waals surface area contributed by atoms with Gasteiger partial charge in [-0.2, -0.15) is 4.98 Å². The second-order valence-electron chi connectivity index (χ2n) is 7.57. The van der Waals surface area contributed by atoms with Crippen molar-refractivity contribution in [3.8, 4) is 34.3 Å². The molecule has 1 fully saturated rings. The molecule has 2 aromatic carbocycles. The van der Waals surface area contributed by atoms with E-state index in [-0.39, 0.29) is 22.5 Å². The van der Waals surface area contributed by atoms with E-state index < -0.39 is 17.4 Å². The van der Waals surface area contributed by atoms with E-state index in [2.05, 4.69) is 9.97 Å². The van der Waals surface area contributed by atoms with Crippen LogP contribution in [0.3, 0.4) is 0 Å². The molecule has 170 valence electrons. The van der Waals surface area contributed by atoms with Crippen molar-refractivity contribution in [3.63, 3.8) is 0 Å². The van der Waals surface area contributed by atoms with Crippen molar-refractivity contribution in [2.45, 2.75) is 25.4 Å². The molecule has 0 saturated heterocycles. The SMILES string of the molecule is COC(=O)C1(Oc2cc(-c3cccc(C(C)=O)c3OC)nc(-c3ccc(Cl)c(F)c3)n2)CC1. The minimum absolute atomic E-state index is 0.0372. The van der Waals surface area contributed by atoms with Crippen molar-refractivity contribution in [3.05, 3.63) is 58.9 Å². The summed E-state index contributed by atoms with van der Waals surface area (Å²) in [5.74, 6) is -0.732. The molecule has 1 aliphatic rings. The lowest BCUT2D eigenvalue weighted by atomic mass is 10.0. The Morgan fingerprint density at radius 3 is 2.45 bits per heavy atom. The number of carbonyl (C=O) groups excluding carboxylic acids is 2. The number of hydrogen-bond donors (Lipinski definition) is 0. The van der Waals surface area contributed by atoms with Crippen molar-refractivity contribution in [1.82, 2.24) is 9.97 Å². The summed E-state index contributed by atoms with van der Waals surface area (Å²) in [5.41, 5.74) is 0.493. The predicted molar refractivity (Wildman–Crippen MR) is 119 cm³/mol. The van der Waals surface area contributed by atoms with E-state index >= 15 is 0 Å². The van der Waals surface area contributed by atoms with E-state index in [4.69, 9.17) is 25.8 Å². The van der Waals surface area contributed by atoms with Gasteiger partial charge in [0, 0.05) is 30.0 Å². The number of ketones is 1. The van der Waals surface area contributed by atoms with Crippen molar-refractivity contribution >= 4 is 23.4 Å². The summed E-state index contributed by atoms with van der Waals surface area (Å²) in [6.45, 7) is 1.44. The van der Waals surface area contributed by atoms with Crippen LogP contribution in [0.2, 0.25) is 5.02 Å². The topological polar surface area (TPSA) is 87.6 Å². The third-order valence-corrected chi connectivity index (χ3v) is 5.62. The molecule has 0 spiro atoms. The zero-order valence-corrected chi connectivity index (χ0v) is 18.9. The normalized spacial score (nSPS) is 13.8. The highest BCUT2D eigenvalue weighted by Gasteiger charge is 2.54. The van der Waals surface area contributed by atoms with Gasteiger partial charge in [-0.25, -0.2) is 14.2 Å². The molecule has 0 bridgehead atoms. The van der Waals surface area contributed by atoms with Crippen LogP contribution in [0.4, 0.5) is 4.39 Å². The molecule has 1 heterocycles. The van der Waals surface area contributed by atoms with Gasteiger partial charge >= 0.3 is 5.97 Å². The Bertz CT molecular complexity index is 1260. The van der Waals surface area contributed by atoms with Crippen LogP contribution in [0.15, 0.2) is 42.5 Å². The Kier molecular flexibility index (Phi) is 6.03. The second kappa shape index (κ2) is 8.78. The minimum atomic E-state index is -1.12. The smallest absolute Gasteiger partial charge is 0.350 e.